The highest BCUT2D eigenvalue weighted by atomic mass is 14.6. The summed E-state index contributed by atoms with van der Waals surface area (Å²) in [4.78, 5) is 4.11. The van der Waals surface area contributed by atoms with Crippen LogP contribution in [0.4, 0.5) is 0 Å². The molecule has 0 aliphatic heterocycles. The van der Waals surface area contributed by atoms with Gasteiger partial charge in [0, 0.05) is 18.3 Å². The van der Waals surface area contributed by atoms with E-state index < -0.39 is 0 Å². The fourth-order valence-corrected chi connectivity index (χ4v) is 1.57. The largest absolute Gasteiger partial charge is 0.330 e. The highest BCUT2D eigenvalue weighted by molar-refractivity contribution is 5.17. The summed E-state index contributed by atoms with van der Waals surface area (Å²) in [7, 11) is 0. The van der Waals surface area contributed by atoms with E-state index >= 15 is 0 Å². The van der Waals surface area contributed by atoms with Crippen molar-refractivity contribution in [3.63, 3.8) is 0 Å². The summed E-state index contributed by atoms with van der Waals surface area (Å²) >= 11 is 0. The van der Waals surface area contributed by atoms with Crippen molar-refractivity contribution >= 4 is 0 Å². The lowest BCUT2D eigenvalue weighted by Crippen LogP contribution is -2.26. The van der Waals surface area contributed by atoms with Crippen LogP contribution in [0.1, 0.15) is 32.3 Å². The Balaban J connectivity index is 2.92. The zero-order valence-corrected chi connectivity index (χ0v) is 8.62. The topological polar surface area (TPSA) is 38.9 Å². The first-order valence-electron chi connectivity index (χ1n) is 4.65. The first-order valence-corrected chi connectivity index (χ1v) is 4.65. The van der Waals surface area contributed by atoms with Crippen molar-refractivity contribution in [2.24, 2.45) is 11.1 Å². The van der Waals surface area contributed by atoms with Gasteiger partial charge in [-0.05, 0) is 23.6 Å². The third-order valence-corrected chi connectivity index (χ3v) is 2.37. The summed E-state index contributed by atoms with van der Waals surface area (Å²) in [6.07, 6.45) is 3.70. The minimum Gasteiger partial charge on any atom is -0.330 e. The molecule has 13 heavy (non-hydrogen) atoms. The van der Waals surface area contributed by atoms with Crippen molar-refractivity contribution in [1.29, 1.82) is 0 Å². The fourth-order valence-electron chi connectivity index (χ4n) is 1.57. The van der Waals surface area contributed by atoms with Gasteiger partial charge in [-0.2, -0.15) is 0 Å². The van der Waals surface area contributed by atoms with Crippen LogP contribution in [0.25, 0.3) is 0 Å². The second-order valence-corrected chi connectivity index (χ2v) is 4.44. The summed E-state index contributed by atoms with van der Waals surface area (Å²) in [5.74, 6) is 0.390. The van der Waals surface area contributed by atoms with E-state index in [1.165, 1.54) is 5.56 Å². The van der Waals surface area contributed by atoms with Gasteiger partial charge in [0.25, 0.3) is 0 Å². The summed E-state index contributed by atoms with van der Waals surface area (Å²) in [6, 6.07) is 4.06. The SMILES string of the molecule is CC(C)(C)C(CN)c1cccnc1. The molecule has 0 spiro atoms. The Bertz CT molecular complexity index is 249. The van der Waals surface area contributed by atoms with E-state index in [-0.39, 0.29) is 5.41 Å². The average molecular weight is 178 g/mol. The molecular weight excluding hydrogens is 160 g/mol. The highest BCUT2D eigenvalue weighted by Crippen LogP contribution is 2.33. The van der Waals surface area contributed by atoms with Crippen molar-refractivity contribution in [2.75, 3.05) is 6.54 Å². The predicted molar refractivity (Wildman–Crippen MR) is 55.5 cm³/mol. The van der Waals surface area contributed by atoms with E-state index in [1.54, 1.807) is 6.20 Å². The molecule has 0 saturated heterocycles. The first kappa shape index (κ1) is 10.2. The smallest absolute Gasteiger partial charge is 0.0303 e. The van der Waals surface area contributed by atoms with Crippen LogP contribution in [-0.4, -0.2) is 11.5 Å². The molecule has 1 atom stereocenters. The number of rotatable bonds is 2. The van der Waals surface area contributed by atoms with Crippen molar-refractivity contribution in [2.45, 2.75) is 26.7 Å². The molecule has 0 aliphatic rings. The van der Waals surface area contributed by atoms with Crippen LogP contribution >= 0.6 is 0 Å². The van der Waals surface area contributed by atoms with Gasteiger partial charge in [-0.1, -0.05) is 26.8 Å². The molecule has 1 aromatic heterocycles. The first-order chi connectivity index (χ1) is 6.05. The second-order valence-electron chi connectivity index (χ2n) is 4.44. The minimum absolute atomic E-state index is 0.206. The summed E-state index contributed by atoms with van der Waals surface area (Å²) in [5, 5.41) is 0. The Hall–Kier alpha value is -0.890. The van der Waals surface area contributed by atoms with Gasteiger partial charge in [-0.25, -0.2) is 0 Å². The molecule has 1 heterocycles. The van der Waals surface area contributed by atoms with Gasteiger partial charge < -0.3 is 5.73 Å². The van der Waals surface area contributed by atoms with Gasteiger partial charge >= 0.3 is 0 Å². The maximum absolute atomic E-state index is 5.76. The van der Waals surface area contributed by atoms with E-state index in [0.717, 1.165) is 0 Å². The molecule has 2 heteroatoms. The van der Waals surface area contributed by atoms with Gasteiger partial charge in [0.15, 0.2) is 0 Å². The zero-order valence-electron chi connectivity index (χ0n) is 8.62. The van der Waals surface area contributed by atoms with E-state index in [9.17, 15) is 0 Å². The highest BCUT2D eigenvalue weighted by Gasteiger charge is 2.24. The molecule has 0 saturated carbocycles. The lowest BCUT2D eigenvalue weighted by molar-refractivity contribution is 0.325. The maximum atomic E-state index is 5.76. The third-order valence-electron chi connectivity index (χ3n) is 2.37. The summed E-state index contributed by atoms with van der Waals surface area (Å²) in [6.45, 7) is 7.29. The number of aromatic nitrogens is 1. The van der Waals surface area contributed by atoms with Crippen molar-refractivity contribution in [3.05, 3.63) is 30.1 Å². The van der Waals surface area contributed by atoms with Gasteiger partial charge in [0.1, 0.15) is 0 Å². The molecule has 1 aromatic rings. The van der Waals surface area contributed by atoms with Crippen LogP contribution in [0, 0.1) is 5.41 Å². The Labute approximate surface area is 80.2 Å². The zero-order chi connectivity index (χ0) is 9.90. The van der Waals surface area contributed by atoms with Gasteiger partial charge in [-0.15, -0.1) is 0 Å². The lowest BCUT2D eigenvalue weighted by atomic mass is 9.77. The fraction of sp³-hybridized carbons (Fsp3) is 0.545. The average Bonchev–Trinajstić information content (AvgIpc) is 2.05. The van der Waals surface area contributed by atoms with Gasteiger partial charge in [0.2, 0.25) is 0 Å². The molecule has 72 valence electrons. The molecule has 0 bridgehead atoms. The molecular formula is C11H18N2. The number of pyridine rings is 1. The normalized spacial score (nSPS) is 14.2. The monoisotopic (exact) mass is 178 g/mol. The molecule has 1 rings (SSSR count). The van der Waals surface area contributed by atoms with Crippen LogP contribution < -0.4 is 5.73 Å². The van der Waals surface area contributed by atoms with Crippen LogP contribution in [0.3, 0.4) is 0 Å². The van der Waals surface area contributed by atoms with E-state index in [0.29, 0.717) is 12.5 Å². The molecule has 0 aromatic carbocycles. The Morgan fingerprint density at radius 1 is 1.46 bits per heavy atom. The van der Waals surface area contributed by atoms with Crippen molar-refractivity contribution in [1.82, 2.24) is 4.98 Å². The predicted octanol–water partition coefficient (Wildman–Crippen LogP) is 2.17. The standard InChI is InChI=1S/C11H18N2/c1-11(2,3)10(7-12)9-5-4-6-13-8-9/h4-6,8,10H,7,12H2,1-3H3. The molecule has 0 amide bonds. The maximum Gasteiger partial charge on any atom is 0.0303 e. The Kier molecular flexibility index (Phi) is 3.04. The summed E-state index contributed by atoms with van der Waals surface area (Å²) in [5.41, 5.74) is 7.20. The van der Waals surface area contributed by atoms with E-state index in [4.69, 9.17) is 5.73 Å². The van der Waals surface area contributed by atoms with Crippen molar-refractivity contribution < 1.29 is 0 Å². The van der Waals surface area contributed by atoms with Crippen LogP contribution in [0.2, 0.25) is 0 Å². The van der Waals surface area contributed by atoms with Crippen LogP contribution in [0.15, 0.2) is 24.5 Å². The number of hydrogen-bond acceptors (Lipinski definition) is 2. The molecule has 0 fully saturated rings. The molecule has 2 nitrogen and oxygen atoms in total. The molecule has 0 aliphatic carbocycles. The second kappa shape index (κ2) is 3.88. The Morgan fingerprint density at radius 3 is 2.54 bits per heavy atom. The van der Waals surface area contributed by atoms with E-state index in [1.807, 2.05) is 12.3 Å². The minimum atomic E-state index is 0.206. The quantitative estimate of drug-likeness (QED) is 0.753. The lowest BCUT2D eigenvalue weighted by Gasteiger charge is -2.29. The summed E-state index contributed by atoms with van der Waals surface area (Å²) < 4.78 is 0. The van der Waals surface area contributed by atoms with Crippen molar-refractivity contribution in [3.8, 4) is 0 Å². The van der Waals surface area contributed by atoms with Crippen LogP contribution in [-0.2, 0) is 0 Å². The van der Waals surface area contributed by atoms with E-state index in [2.05, 4.69) is 31.8 Å². The number of nitrogens with two attached hydrogens (primary N) is 1. The van der Waals surface area contributed by atoms with Gasteiger partial charge in [-0.3, -0.25) is 4.98 Å². The molecule has 2 N–H and O–H groups in total. The number of nitrogens with zero attached hydrogens (tertiary/aromatic N) is 1. The van der Waals surface area contributed by atoms with Gasteiger partial charge in [0.05, 0.1) is 0 Å². The third kappa shape index (κ3) is 2.52. The number of hydrogen-bond donors (Lipinski definition) is 1. The molecule has 1 unspecified atom stereocenters. The van der Waals surface area contributed by atoms with Crippen LogP contribution in [0.5, 0.6) is 0 Å². The molecule has 0 radical (unpaired) electrons. The Morgan fingerprint density at radius 2 is 2.15 bits per heavy atom.